The van der Waals surface area contributed by atoms with Gasteiger partial charge < -0.3 is 9.67 Å². The summed E-state index contributed by atoms with van der Waals surface area (Å²) in [6.45, 7) is 6.04. The molecule has 1 heterocycles. The molecule has 1 aromatic heterocycles. The third-order valence-corrected chi connectivity index (χ3v) is 3.91. The first-order valence-electron chi connectivity index (χ1n) is 7.54. The van der Waals surface area contributed by atoms with Gasteiger partial charge in [0.15, 0.2) is 0 Å². The van der Waals surface area contributed by atoms with E-state index in [1.54, 1.807) is 10.6 Å². The Hall–Kier alpha value is -2.03. The van der Waals surface area contributed by atoms with Gasteiger partial charge in [0, 0.05) is 11.8 Å². The van der Waals surface area contributed by atoms with Crippen molar-refractivity contribution in [1.29, 1.82) is 0 Å². The summed E-state index contributed by atoms with van der Waals surface area (Å²) in [7, 11) is 0. The minimum absolute atomic E-state index is 0.0239. The van der Waals surface area contributed by atoms with Crippen LogP contribution < -0.4 is 5.56 Å². The normalized spacial score (nSPS) is 12.3. The largest absolute Gasteiger partial charge is 0.508 e. The van der Waals surface area contributed by atoms with Crippen molar-refractivity contribution in [2.75, 3.05) is 0 Å². The maximum atomic E-state index is 12.1. The van der Waals surface area contributed by atoms with Crippen LogP contribution in [0.25, 0.3) is 0 Å². The Morgan fingerprint density at radius 2 is 1.86 bits per heavy atom. The van der Waals surface area contributed by atoms with E-state index in [9.17, 15) is 9.90 Å². The molecule has 0 aliphatic rings. The topological polar surface area (TPSA) is 42.2 Å². The highest BCUT2D eigenvalue weighted by molar-refractivity contribution is 5.28. The summed E-state index contributed by atoms with van der Waals surface area (Å²) < 4.78 is 1.71. The lowest BCUT2D eigenvalue weighted by molar-refractivity contribution is 0.467. The van der Waals surface area contributed by atoms with Crippen molar-refractivity contribution in [3.8, 4) is 5.75 Å². The molecule has 1 aromatic carbocycles. The summed E-state index contributed by atoms with van der Waals surface area (Å²) in [6.07, 6.45) is 3.50. The number of hydrogen-bond donors (Lipinski definition) is 1. The molecule has 1 unspecified atom stereocenters. The molecule has 3 nitrogen and oxygen atoms in total. The van der Waals surface area contributed by atoms with Crippen LogP contribution in [0.5, 0.6) is 5.75 Å². The van der Waals surface area contributed by atoms with E-state index < -0.39 is 0 Å². The molecule has 0 saturated heterocycles. The first kappa shape index (κ1) is 15.4. The molecule has 0 radical (unpaired) electrons. The van der Waals surface area contributed by atoms with Gasteiger partial charge in [-0.15, -0.1) is 0 Å². The van der Waals surface area contributed by atoms with Gasteiger partial charge in [0.25, 0.3) is 5.56 Å². The van der Waals surface area contributed by atoms with E-state index in [2.05, 4.69) is 31.2 Å². The van der Waals surface area contributed by atoms with Crippen LogP contribution in [0.4, 0.5) is 0 Å². The Labute approximate surface area is 125 Å². The van der Waals surface area contributed by atoms with Crippen LogP contribution in [-0.2, 0) is 6.42 Å². The Morgan fingerprint density at radius 1 is 1.19 bits per heavy atom. The predicted octanol–water partition coefficient (Wildman–Crippen LogP) is 3.81. The van der Waals surface area contributed by atoms with E-state index in [0.29, 0.717) is 0 Å². The summed E-state index contributed by atoms with van der Waals surface area (Å²) in [6, 6.07) is 11.3. The van der Waals surface area contributed by atoms with Gasteiger partial charge in [0.2, 0.25) is 0 Å². The standard InChI is InChI=1S/C18H23NO2/c1-4-5-6-15-7-9-16(10-8-15)14(3)19-13(2)11-17(20)12-18(19)21/h7-12,14,20H,4-6H2,1-3H3. The van der Waals surface area contributed by atoms with Gasteiger partial charge in [0.1, 0.15) is 5.75 Å². The molecule has 21 heavy (non-hydrogen) atoms. The maximum absolute atomic E-state index is 12.1. The highest BCUT2D eigenvalue weighted by Gasteiger charge is 2.12. The molecular weight excluding hydrogens is 262 g/mol. The molecule has 2 aromatic rings. The minimum atomic E-state index is -0.171. The van der Waals surface area contributed by atoms with Crippen molar-refractivity contribution in [2.24, 2.45) is 0 Å². The smallest absolute Gasteiger partial charge is 0.254 e. The third kappa shape index (κ3) is 3.54. The molecule has 0 fully saturated rings. The molecular formula is C18H23NO2. The highest BCUT2D eigenvalue weighted by Crippen LogP contribution is 2.20. The van der Waals surface area contributed by atoms with Gasteiger partial charge in [-0.05, 0) is 43.9 Å². The molecule has 112 valence electrons. The zero-order valence-electron chi connectivity index (χ0n) is 13.0. The summed E-state index contributed by atoms with van der Waals surface area (Å²) in [5.41, 5.74) is 3.03. The van der Waals surface area contributed by atoms with Crippen molar-refractivity contribution in [3.05, 3.63) is 63.6 Å². The quantitative estimate of drug-likeness (QED) is 0.907. The van der Waals surface area contributed by atoms with Gasteiger partial charge in [0.05, 0.1) is 6.04 Å². The first-order valence-corrected chi connectivity index (χ1v) is 7.54. The van der Waals surface area contributed by atoms with Crippen LogP contribution in [0.2, 0.25) is 0 Å². The Bertz CT molecular complexity index is 656. The molecule has 3 heteroatoms. The van der Waals surface area contributed by atoms with Gasteiger partial charge >= 0.3 is 0 Å². The molecule has 0 bridgehead atoms. The number of aryl methyl sites for hydroxylation is 2. The number of rotatable bonds is 5. The number of hydrogen-bond acceptors (Lipinski definition) is 2. The number of aromatic nitrogens is 1. The monoisotopic (exact) mass is 285 g/mol. The van der Waals surface area contributed by atoms with E-state index in [1.165, 1.54) is 24.5 Å². The molecule has 0 saturated carbocycles. The fourth-order valence-corrected chi connectivity index (χ4v) is 2.68. The molecule has 0 spiro atoms. The Kier molecular flexibility index (Phi) is 4.84. The number of pyridine rings is 1. The molecule has 0 aliphatic heterocycles. The number of benzene rings is 1. The fraction of sp³-hybridized carbons (Fsp3) is 0.389. The van der Waals surface area contributed by atoms with Crippen molar-refractivity contribution >= 4 is 0 Å². The zero-order valence-corrected chi connectivity index (χ0v) is 13.0. The van der Waals surface area contributed by atoms with Crippen LogP contribution >= 0.6 is 0 Å². The lowest BCUT2D eigenvalue weighted by Crippen LogP contribution is -2.25. The van der Waals surface area contributed by atoms with Crippen molar-refractivity contribution in [1.82, 2.24) is 4.57 Å². The van der Waals surface area contributed by atoms with Crippen molar-refractivity contribution in [3.63, 3.8) is 0 Å². The first-order chi connectivity index (χ1) is 10.0. The Balaban J connectivity index is 2.28. The molecule has 2 rings (SSSR count). The zero-order chi connectivity index (χ0) is 15.4. The van der Waals surface area contributed by atoms with Gasteiger partial charge in [-0.2, -0.15) is 0 Å². The average molecular weight is 285 g/mol. The van der Waals surface area contributed by atoms with Crippen molar-refractivity contribution < 1.29 is 5.11 Å². The lowest BCUT2D eigenvalue weighted by atomic mass is 10.0. The Morgan fingerprint density at radius 3 is 2.43 bits per heavy atom. The van der Waals surface area contributed by atoms with Gasteiger partial charge in [-0.3, -0.25) is 4.79 Å². The molecule has 1 atom stereocenters. The lowest BCUT2D eigenvalue weighted by Gasteiger charge is -2.19. The predicted molar refractivity (Wildman–Crippen MR) is 86.0 cm³/mol. The number of unbranched alkanes of at least 4 members (excludes halogenated alkanes) is 1. The summed E-state index contributed by atoms with van der Waals surface area (Å²) in [4.78, 5) is 12.1. The maximum Gasteiger partial charge on any atom is 0.254 e. The fourth-order valence-electron chi connectivity index (χ4n) is 2.68. The van der Waals surface area contributed by atoms with Gasteiger partial charge in [-0.25, -0.2) is 0 Å². The van der Waals surface area contributed by atoms with E-state index >= 15 is 0 Å². The van der Waals surface area contributed by atoms with Crippen LogP contribution in [-0.4, -0.2) is 9.67 Å². The number of aromatic hydroxyl groups is 1. The van der Waals surface area contributed by atoms with Crippen LogP contribution in [0, 0.1) is 6.92 Å². The number of nitrogens with zero attached hydrogens (tertiary/aromatic N) is 1. The van der Waals surface area contributed by atoms with E-state index in [-0.39, 0.29) is 17.4 Å². The van der Waals surface area contributed by atoms with E-state index in [1.807, 2.05) is 13.8 Å². The molecule has 0 aliphatic carbocycles. The molecule has 1 N–H and O–H groups in total. The average Bonchev–Trinajstić information content (AvgIpc) is 2.44. The molecule has 0 amide bonds. The highest BCUT2D eigenvalue weighted by atomic mass is 16.3. The van der Waals surface area contributed by atoms with Crippen LogP contribution in [0.15, 0.2) is 41.2 Å². The van der Waals surface area contributed by atoms with Crippen molar-refractivity contribution in [2.45, 2.75) is 46.1 Å². The SMILES string of the molecule is CCCCc1ccc(C(C)n2c(C)cc(O)cc2=O)cc1. The minimum Gasteiger partial charge on any atom is -0.508 e. The van der Waals surface area contributed by atoms with Crippen LogP contribution in [0.3, 0.4) is 0 Å². The van der Waals surface area contributed by atoms with E-state index in [0.717, 1.165) is 17.7 Å². The summed E-state index contributed by atoms with van der Waals surface area (Å²) in [5, 5.41) is 9.48. The summed E-state index contributed by atoms with van der Waals surface area (Å²) in [5.74, 6) is 0.0239. The second-order valence-electron chi connectivity index (χ2n) is 5.58. The second-order valence-corrected chi connectivity index (χ2v) is 5.58. The second kappa shape index (κ2) is 6.61. The van der Waals surface area contributed by atoms with E-state index in [4.69, 9.17) is 0 Å². The van der Waals surface area contributed by atoms with Gasteiger partial charge in [-0.1, -0.05) is 37.6 Å². The summed E-state index contributed by atoms with van der Waals surface area (Å²) >= 11 is 0. The third-order valence-electron chi connectivity index (χ3n) is 3.91. The van der Waals surface area contributed by atoms with Crippen LogP contribution in [0.1, 0.15) is 49.6 Å².